The predicted molar refractivity (Wildman–Crippen MR) is 167 cm³/mol. The Morgan fingerprint density at radius 2 is 2.05 bits per heavy atom. The second kappa shape index (κ2) is 10.1. The first-order valence-electron chi connectivity index (χ1n) is 16.1. The smallest absolute Gasteiger partial charge is 0.320 e. The molecule has 10 nitrogen and oxygen atoms in total. The van der Waals surface area contributed by atoms with Crippen LogP contribution in [0.2, 0.25) is 0 Å². The third-order valence-corrected chi connectivity index (χ3v) is 10.5. The number of benzene rings is 1. The largest absolute Gasteiger partial charge is 0.461 e. The molecule has 0 spiro atoms. The second-order valence-corrected chi connectivity index (χ2v) is 13.9. The van der Waals surface area contributed by atoms with Crippen LogP contribution in [0.1, 0.15) is 56.6 Å². The van der Waals surface area contributed by atoms with Crippen LogP contribution in [0, 0.1) is 0 Å². The maximum atomic E-state index is 14.5. The molecule has 0 amide bonds. The van der Waals surface area contributed by atoms with Crippen molar-refractivity contribution in [1.82, 2.24) is 29.2 Å². The molecule has 1 N–H and O–H groups in total. The minimum atomic E-state index is -1.05. The number of ether oxygens (including phenoxy) is 2. The van der Waals surface area contributed by atoms with E-state index in [0.29, 0.717) is 51.0 Å². The number of hydrogen-bond donors (Lipinski definition) is 1. The summed E-state index contributed by atoms with van der Waals surface area (Å²) in [7, 11) is 4.02. The van der Waals surface area contributed by atoms with E-state index in [-0.39, 0.29) is 18.2 Å². The van der Waals surface area contributed by atoms with Crippen LogP contribution in [0.3, 0.4) is 0 Å². The summed E-state index contributed by atoms with van der Waals surface area (Å²) in [6.45, 7) is 7.45. The Bertz CT molecular complexity index is 1770. The Hall–Kier alpha value is -3.28. The van der Waals surface area contributed by atoms with Gasteiger partial charge in [-0.3, -0.25) is 9.58 Å². The van der Waals surface area contributed by atoms with E-state index >= 15 is 0 Å². The van der Waals surface area contributed by atoms with E-state index in [2.05, 4.69) is 39.5 Å². The lowest BCUT2D eigenvalue weighted by molar-refractivity contribution is -0.0123. The molecule has 0 radical (unpaired) electrons. The number of alkyl halides is 1. The molecule has 4 atom stereocenters. The van der Waals surface area contributed by atoms with Crippen LogP contribution in [-0.2, 0) is 25.3 Å². The topological polar surface area (TPSA) is 93.7 Å². The number of rotatable bonds is 5. The van der Waals surface area contributed by atoms with Crippen LogP contribution < -0.4 is 9.64 Å². The average molecular weight is 604 g/mol. The van der Waals surface area contributed by atoms with Crippen molar-refractivity contribution in [2.45, 2.75) is 69.2 Å². The summed E-state index contributed by atoms with van der Waals surface area (Å²) in [5, 5.41) is 17.1. The van der Waals surface area contributed by atoms with Gasteiger partial charge < -0.3 is 24.0 Å². The van der Waals surface area contributed by atoms with Gasteiger partial charge in [-0.25, -0.2) is 4.39 Å². The van der Waals surface area contributed by atoms with E-state index in [1.807, 2.05) is 18.8 Å². The molecule has 6 heterocycles. The summed E-state index contributed by atoms with van der Waals surface area (Å²) in [4.78, 5) is 14.4. The molecule has 4 aromatic rings. The van der Waals surface area contributed by atoms with Gasteiger partial charge >= 0.3 is 6.01 Å². The molecule has 1 unspecified atom stereocenters. The van der Waals surface area contributed by atoms with Crippen molar-refractivity contribution >= 4 is 27.9 Å². The highest BCUT2D eigenvalue weighted by Gasteiger charge is 2.49. The summed E-state index contributed by atoms with van der Waals surface area (Å²) in [5.41, 5.74) is 6.23. The standard InChI is InChI=1S/C33H42FN7O3/c1-20-9-10-21-7-5-8-23(24(20)21)26-28-27(39(4)37-26)25-29(38(28)3)35-31(36-30(25)40-13-14-43-18-32(2,42)17-40)44-19-33-11-6-12-41(33)16-22(34)15-33/h5,7-8,20,22,42H,6,9-19H2,1-4H3/t20?,22-,32+,33+/m1/s1. The van der Waals surface area contributed by atoms with Gasteiger partial charge in [0.2, 0.25) is 0 Å². The molecule has 3 saturated heterocycles. The van der Waals surface area contributed by atoms with E-state index in [0.717, 1.165) is 60.0 Å². The Kier molecular flexibility index (Phi) is 6.49. The average Bonchev–Trinajstić information content (AvgIpc) is 3.75. The maximum absolute atomic E-state index is 14.5. The van der Waals surface area contributed by atoms with Gasteiger partial charge in [0.25, 0.3) is 0 Å². The fourth-order valence-corrected chi connectivity index (χ4v) is 8.53. The van der Waals surface area contributed by atoms with Crippen LogP contribution >= 0.6 is 0 Å². The van der Waals surface area contributed by atoms with Gasteiger partial charge in [-0.1, -0.05) is 25.1 Å². The van der Waals surface area contributed by atoms with E-state index in [9.17, 15) is 9.50 Å². The third-order valence-electron chi connectivity index (χ3n) is 10.5. The first-order valence-corrected chi connectivity index (χ1v) is 16.1. The normalized spacial score (nSPS) is 29.1. The molecule has 1 aromatic carbocycles. The quantitative estimate of drug-likeness (QED) is 0.364. The summed E-state index contributed by atoms with van der Waals surface area (Å²) in [5.74, 6) is 1.16. The number of halogens is 1. The highest BCUT2D eigenvalue weighted by molar-refractivity contribution is 6.14. The van der Waals surface area contributed by atoms with Crippen molar-refractivity contribution in [2.24, 2.45) is 14.1 Å². The first-order chi connectivity index (χ1) is 21.1. The van der Waals surface area contributed by atoms with Gasteiger partial charge in [-0.05, 0) is 56.2 Å². The lowest BCUT2D eigenvalue weighted by Crippen LogP contribution is -2.44. The first kappa shape index (κ1) is 28.2. The van der Waals surface area contributed by atoms with Crippen LogP contribution in [0.25, 0.3) is 33.3 Å². The monoisotopic (exact) mass is 603 g/mol. The maximum Gasteiger partial charge on any atom is 0.320 e. The van der Waals surface area contributed by atoms with E-state index in [1.165, 1.54) is 16.7 Å². The number of anilines is 1. The van der Waals surface area contributed by atoms with Gasteiger partial charge in [0.1, 0.15) is 29.9 Å². The highest BCUT2D eigenvalue weighted by Crippen LogP contribution is 2.45. The van der Waals surface area contributed by atoms with Crippen LogP contribution in [0.5, 0.6) is 6.01 Å². The molecule has 3 fully saturated rings. The number of hydrogen-bond acceptors (Lipinski definition) is 8. The zero-order valence-corrected chi connectivity index (χ0v) is 26.1. The van der Waals surface area contributed by atoms with E-state index < -0.39 is 11.8 Å². The molecule has 0 saturated carbocycles. The number of nitrogens with zero attached hydrogens (tertiary/aromatic N) is 7. The molecule has 1 aliphatic carbocycles. The van der Waals surface area contributed by atoms with E-state index in [1.54, 1.807) is 6.92 Å². The summed E-state index contributed by atoms with van der Waals surface area (Å²) < 4.78 is 30.8. The Labute approximate surface area is 256 Å². The number of aromatic nitrogens is 5. The van der Waals surface area contributed by atoms with Gasteiger partial charge in [0, 0.05) is 39.2 Å². The molecule has 11 heteroatoms. The summed E-state index contributed by atoms with van der Waals surface area (Å²) >= 11 is 0. The molecule has 0 bridgehead atoms. The Balaban J connectivity index is 1.30. The minimum Gasteiger partial charge on any atom is -0.461 e. The molecule has 4 aliphatic rings. The summed E-state index contributed by atoms with van der Waals surface area (Å²) in [6, 6.07) is 6.85. The number of fused-ring (bicyclic) bond motifs is 5. The molecule has 8 rings (SSSR count). The second-order valence-electron chi connectivity index (χ2n) is 13.9. The zero-order valence-electron chi connectivity index (χ0n) is 26.1. The fraction of sp³-hybridized carbons (Fsp3) is 0.606. The third kappa shape index (κ3) is 4.34. The van der Waals surface area contributed by atoms with Crippen molar-refractivity contribution in [2.75, 3.05) is 50.9 Å². The van der Waals surface area contributed by atoms with Crippen molar-refractivity contribution in [3.05, 3.63) is 29.3 Å². The van der Waals surface area contributed by atoms with Crippen molar-refractivity contribution < 1.29 is 19.0 Å². The number of β-amino-alcohol motifs (C(OH)–C–C–N with tert-alkyl or cyclic N) is 1. The van der Waals surface area contributed by atoms with Gasteiger partial charge in [-0.15, -0.1) is 0 Å². The van der Waals surface area contributed by atoms with Crippen LogP contribution in [0.15, 0.2) is 18.2 Å². The van der Waals surface area contributed by atoms with Gasteiger partial charge in [0.05, 0.1) is 41.7 Å². The zero-order chi connectivity index (χ0) is 30.4. The minimum absolute atomic E-state index is 0.251. The molecule has 3 aliphatic heterocycles. The van der Waals surface area contributed by atoms with Crippen molar-refractivity contribution in [3.8, 4) is 17.3 Å². The van der Waals surface area contributed by atoms with Gasteiger partial charge in [0.15, 0.2) is 5.65 Å². The molecule has 3 aromatic heterocycles. The molecule has 234 valence electrons. The van der Waals surface area contributed by atoms with Gasteiger partial charge in [-0.2, -0.15) is 15.1 Å². The Morgan fingerprint density at radius 1 is 1.18 bits per heavy atom. The predicted octanol–water partition coefficient (Wildman–Crippen LogP) is 4.11. The van der Waals surface area contributed by atoms with Crippen molar-refractivity contribution in [1.29, 1.82) is 0 Å². The summed E-state index contributed by atoms with van der Waals surface area (Å²) in [6.07, 6.45) is 3.85. The van der Waals surface area contributed by atoms with E-state index in [4.69, 9.17) is 24.5 Å². The fourth-order valence-electron chi connectivity index (χ4n) is 8.53. The lowest BCUT2D eigenvalue weighted by atomic mass is 9.95. The Morgan fingerprint density at radius 3 is 2.91 bits per heavy atom. The number of aryl methyl sites for hydroxylation is 3. The SMILES string of the molecule is CC1CCc2cccc(-c3nn(C)c4c5c(N6CCOC[C@@](C)(O)C6)nc(OC[C@@]67CCCN6C[C@H](F)C7)nc5n(C)c34)c21. The van der Waals surface area contributed by atoms with Crippen molar-refractivity contribution in [3.63, 3.8) is 0 Å². The lowest BCUT2D eigenvalue weighted by Gasteiger charge is -2.31. The van der Waals surface area contributed by atoms with Crippen LogP contribution in [-0.4, -0.2) is 97.6 Å². The molecule has 44 heavy (non-hydrogen) atoms. The molecular weight excluding hydrogens is 561 g/mol. The highest BCUT2D eigenvalue weighted by atomic mass is 19.1. The van der Waals surface area contributed by atoms with Crippen LogP contribution in [0.4, 0.5) is 10.2 Å². The number of aliphatic hydroxyl groups is 1. The molecular formula is C33H42FN7O3.